The molecule has 0 radical (unpaired) electrons. The van der Waals surface area contributed by atoms with Crippen molar-refractivity contribution in [1.82, 2.24) is 0 Å². The maximum Gasteiger partial charge on any atom is 0.315 e. The van der Waals surface area contributed by atoms with Crippen LogP contribution in [0, 0.1) is 5.92 Å². The van der Waals surface area contributed by atoms with Crippen molar-refractivity contribution in [2.45, 2.75) is 17.7 Å². The molecule has 1 aliphatic heterocycles. The van der Waals surface area contributed by atoms with Crippen LogP contribution in [0.4, 0.5) is 0 Å². The Morgan fingerprint density at radius 2 is 2.50 bits per heavy atom. The lowest BCUT2D eigenvalue weighted by Gasteiger charge is -2.20. The minimum Gasteiger partial charge on any atom is -0.468 e. The molecule has 1 rings (SSSR count). The molecule has 14 heavy (non-hydrogen) atoms. The van der Waals surface area contributed by atoms with Gasteiger partial charge in [-0.1, -0.05) is 27.5 Å². The van der Waals surface area contributed by atoms with Crippen LogP contribution in [-0.2, 0) is 9.53 Å². The van der Waals surface area contributed by atoms with Crippen LogP contribution in [0.2, 0.25) is 0 Å². The van der Waals surface area contributed by atoms with E-state index in [1.807, 2.05) is 13.0 Å². The third-order valence-corrected chi connectivity index (χ3v) is 2.95. The van der Waals surface area contributed by atoms with Gasteiger partial charge in [0, 0.05) is 10.5 Å². The highest BCUT2D eigenvalue weighted by molar-refractivity contribution is 9.10. The smallest absolute Gasteiger partial charge is 0.315 e. The van der Waals surface area contributed by atoms with E-state index in [1.165, 1.54) is 7.11 Å². The molecule has 0 aromatic carbocycles. The number of aliphatic imine (C=N–C) groups is 1. The molecule has 0 saturated carbocycles. The van der Waals surface area contributed by atoms with Crippen LogP contribution >= 0.6 is 27.5 Å². The van der Waals surface area contributed by atoms with Crippen LogP contribution in [0.1, 0.15) is 13.3 Å². The van der Waals surface area contributed by atoms with Crippen LogP contribution in [0.15, 0.2) is 17.3 Å². The molecule has 0 amide bonds. The van der Waals surface area contributed by atoms with Gasteiger partial charge < -0.3 is 4.74 Å². The minimum absolute atomic E-state index is 0.272. The van der Waals surface area contributed by atoms with Crippen LogP contribution in [0.5, 0.6) is 0 Å². The SMILES string of the molecule is COC(=O)C1CC(C)(Br)C=CN=C1Cl. The third kappa shape index (κ3) is 2.82. The molecule has 0 spiro atoms. The Morgan fingerprint density at radius 1 is 1.86 bits per heavy atom. The van der Waals surface area contributed by atoms with Crippen molar-refractivity contribution >= 4 is 38.7 Å². The number of alkyl halides is 1. The van der Waals surface area contributed by atoms with Crippen LogP contribution in [-0.4, -0.2) is 22.6 Å². The van der Waals surface area contributed by atoms with Gasteiger partial charge in [-0.05, 0) is 19.4 Å². The van der Waals surface area contributed by atoms with Gasteiger partial charge in [0.1, 0.15) is 11.1 Å². The first-order chi connectivity index (χ1) is 6.46. The third-order valence-electron chi connectivity index (χ3n) is 2.00. The zero-order valence-corrected chi connectivity index (χ0v) is 10.3. The van der Waals surface area contributed by atoms with Crippen molar-refractivity contribution in [2.75, 3.05) is 7.11 Å². The predicted molar refractivity (Wildman–Crippen MR) is 59.9 cm³/mol. The molecule has 0 aromatic heterocycles. The maximum atomic E-state index is 11.4. The lowest BCUT2D eigenvalue weighted by molar-refractivity contribution is -0.143. The summed E-state index contributed by atoms with van der Waals surface area (Å²) in [7, 11) is 1.34. The Balaban J connectivity index is 2.89. The Hall–Kier alpha value is -0.350. The second-order valence-electron chi connectivity index (χ2n) is 3.33. The number of carbonyl (C=O) groups excluding carboxylic acids is 1. The van der Waals surface area contributed by atoms with Gasteiger partial charge in [0.15, 0.2) is 0 Å². The van der Waals surface area contributed by atoms with Crippen molar-refractivity contribution in [3.8, 4) is 0 Å². The average molecular weight is 281 g/mol. The average Bonchev–Trinajstić information content (AvgIpc) is 2.24. The van der Waals surface area contributed by atoms with Crippen molar-refractivity contribution in [3.63, 3.8) is 0 Å². The Morgan fingerprint density at radius 3 is 3.07 bits per heavy atom. The summed E-state index contributed by atoms with van der Waals surface area (Å²) in [5, 5.41) is 0.274. The highest BCUT2D eigenvalue weighted by Gasteiger charge is 2.32. The summed E-state index contributed by atoms with van der Waals surface area (Å²) in [6.07, 6.45) is 4.00. The standard InChI is InChI=1S/C9H11BrClNO2/c1-9(10)3-4-12-7(11)6(5-9)8(13)14-2/h3-4,6H,5H2,1-2H3. The second kappa shape index (κ2) is 4.45. The van der Waals surface area contributed by atoms with E-state index in [1.54, 1.807) is 6.20 Å². The first-order valence-electron chi connectivity index (χ1n) is 4.14. The number of rotatable bonds is 1. The summed E-state index contributed by atoms with van der Waals surface area (Å²) in [5.74, 6) is -0.839. The topological polar surface area (TPSA) is 38.7 Å². The summed E-state index contributed by atoms with van der Waals surface area (Å²) in [4.78, 5) is 15.3. The van der Waals surface area contributed by atoms with Crippen LogP contribution < -0.4 is 0 Å². The van der Waals surface area contributed by atoms with Gasteiger partial charge in [-0.25, -0.2) is 4.99 Å². The Bertz CT molecular complexity index is 299. The lowest BCUT2D eigenvalue weighted by Crippen LogP contribution is -2.28. The molecule has 0 aliphatic carbocycles. The van der Waals surface area contributed by atoms with E-state index in [-0.39, 0.29) is 15.5 Å². The molecule has 0 bridgehead atoms. The number of halogens is 2. The van der Waals surface area contributed by atoms with E-state index >= 15 is 0 Å². The fraction of sp³-hybridized carbons (Fsp3) is 0.556. The Labute approximate surface area is 96.3 Å². The number of hydrogen-bond acceptors (Lipinski definition) is 3. The summed E-state index contributed by atoms with van der Waals surface area (Å²) >= 11 is 9.35. The van der Waals surface area contributed by atoms with Crippen LogP contribution in [0.3, 0.4) is 0 Å². The molecule has 1 aliphatic rings. The number of allylic oxidation sites excluding steroid dienone is 1. The van der Waals surface area contributed by atoms with Crippen LogP contribution in [0.25, 0.3) is 0 Å². The molecule has 0 fully saturated rings. The van der Waals surface area contributed by atoms with E-state index in [0.29, 0.717) is 6.42 Å². The van der Waals surface area contributed by atoms with E-state index in [2.05, 4.69) is 25.7 Å². The van der Waals surface area contributed by atoms with Crippen molar-refractivity contribution < 1.29 is 9.53 Å². The zero-order chi connectivity index (χ0) is 10.8. The quantitative estimate of drug-likeness (QED) is 0.547. The lowest BCUT2D eigenvalue weighted by atomic mass is 9.97. The van der Waals surface area contributed by atoms with Gasteiger partial charge in [0.2, 0.25) is 0 Å². The first-order valence-corrected chi connectivity index (χ1v) is 5.31. The summed E-state index contributed by atoms with van der Waals surface area (Å²) in [5.41, 5.74) is 0. The van der Waals surface area contributed by atoms with Gasteiger partial charge in [-0.2, -0.15) is 0 Å². The number of ether oxygens (including phenoxy) is 1. The van der Waals surface area contributed by atoms with Gasteiger partial charge in [0.05, 0.1) is 7.11 Å². The first kappa shape index (κ1) is 11.7. The largest absolute Gasteiger partial charge is 0.468 e. The number of esters is 1. The molecular formula is C9H11BrClNO2. The van der Waals surface area contributed by atoms with E-state index in [9.17, 15) is 4.79 Å². The van der Waals surface area contributed by atoms with Gasteiger partial charge in [-0.15, -0.1) is 0 Å². The van der Waals surface area contributed by atoms with Crippen molar-refractivity contribution in [2.24, 2.45) is 10.9 Å². The molecule has 0 aromatic rings. The molecule has 2 atom stereocenters. The van der Waals surface area contributed by atoms with Crippen molar-refractivity contribution in [1.29, 1.82) is 0 Å². The molecule has 0 saturated heterocycles. The van der Waals surface area contributed by atoms with E-state index in [4.69, 9.17) is 11.6 Å². The monoisotopic (exact) mass is 279 g/mol. The van der Waals surface area contributed by atoms with Gasteiger partial charge >= 0.3 is 5.97 Å². The number of nitrogens with zero attached hydrogens (tertiary/aromatic N) is 1. The molecule has 3 nitrogen and oxygen atoms in total. The molecule has 78 valence electrons. The van der Waals surface area contributed by atoms with Crippen molar-refractivity contribution in [3.05, 3.63) is 12.3 Å². The zero-order valence-electron chi connectivity index (χ0n) is 7.96. The highest BCUT2D eigenvalue weighted by Crippen LogP contribution is 2.32. The fourth-order valence-electron chi connectivity index (χ4n) is 1.23. The molecule has 2 unspecified atom stereocenters. The molecule has 0 N–H and O–H groups in total. The predicted octanol–water partition coefficient (Wildman–Crippen LogP) is 2.48. The van der Waals surface area contributed by atoms with E-state index < -0.39 is 5.92 Å². The number of hydrogen-bond donors (Lipinski definition) is 0. The summed E-state index contributed by atoms with van der Waals surface area (Å²) in [6.45, 7) is 1.95. The minimum atomic E-state index is -0.485. The van der Waals surface area contributed by atoms with E-state index in [0.717, 1.165) is 0 Å². The number of carbonyl (C=O) groups is 1. The Kier molecular flexibility index (Phi) is 3.72. The van der Waals surface area contributed by atoms with Gasteiger partial charge in [0.25, 0.3) is 0 Å². The highest BCUT2D eigenvalue weighted by atomic mass is 79.9. The summed E-state index contributed by atoms with van der Waals surface area (Å²) in [6, 6.07) is 0. The molecular weight excluding hydrogens is 269 g/mol. The maximum absolute atomic E-state index is 11.4. The fourth-order valence-corrected chi connectivity index (χ4v) is 1.89. The summed E-state index contributed by atoms with van der Waals surface area (Å²) < 4.78 is 4.38. The normalized spacial score (nSPS) is 32.0. The van der Waals surface area contributed by atoms with Gasteiger partial charge in [-0.3, -0.25) is 4.79 Å². The molecule has 5 heteroatoms. The second-order valence-corrected chi connectivity index (χ2v) is 5.52. The molecule has 1 heterocycles. The number of methoxy groups -OCH3 is 1.